The second kappa shape index (κ2) is 6.81. The van der Waals surface area contributed by atoms with Gasteiger partial charge in [0.15, 0.2) is 5.82 Å². The fourth-order valence-electron chi connectivity index (χ4n) is 3.57. The summed E-state index contributed by atoms with van der Waals surface area (Å²) < 4.78 is 0. The first kappa shape index (κ1) is 17.2. The SMILES string of the molecule is Cc1[nH]c2ccccc2c1C(=O)C[NH+](C)Cc1nc2ccccc2c(=O)[nH]1. The van der Waals surface area contributed by atoms with Gasteiger partial charge in [-0.25, -0.2) is 4.98 Å². The number of nitrogens with zero attached hydrogens (tertiary/aromatic N) is 1. The lowest BCUT2D eigenvalue weighted by molar-refractivity contribution is -0.885. The minimum Gasteiger partial charge on any atom is -0.358 e. The Morgan fingerprint density at radius 2 is 1.74 bits per heavy atom. The number of quaternary nitrogens is 1. The number of aryl methyl sites for hydroxylation is 1. The molecule has 6 heteroatoms. The first-order valence-corrected chi connectivity index (χ1v) is 8.92. The van der Waals surface area contributed by atoms with Crippen molar-refractivity contribution in [3.8, 4) is 0 Å². The summed E-state index contributed by atoms with van der Waals surface area (Å²) in [4.78, 5) is 36.7. The van der Waals surface area contributed by atoms with Crippen molar-refractivity contribution in [2.75, 3.05) is 13.6 Å². The lowest BCUT2D eigenvalue weighted by Crippen LogP contribution is -3.08. The molecule has 4 aromatic rings. The number of hydrogen-bond donors (Lipinski definition) is 3. The normalized spacial score (nSPS) is 12.5. The maximum absolute atomic E-state index is 12.9. The quantitative estimate of drug-likeness (QED) is 0.472. The first-order chi connectivity index (χ1) is 13.0. The zero-order valence-corrected chi connectivity index (χ0v) is 15.3. The standard InChI is InChI=1S/C21H20N4O2/c1-13-20(14-7-3-5-9-16(14)22-13)18(26)11-25(2)12-19-23-17-10-6-4-8-15(17)21(27)24-19/h3-10,22H,11-12H2,1-2H3,(H,23,24,27)/p+1. The number of rotatable bonds is 5. The minimum absolute atomic E-state index is 0.0746. The third-order valence-corrected chi connectivity index (χ3v) is 4.77. The Kier molecular flexibility index (Phi) is 4.33. The van der Waals surface area contributed by atoms with Crippen LogP contribution in [0.2, 0.25) is 0 Å². The summed E-state index contributed by atoms with van der Waals surface area (Å²) in [6, 6.07) is 15.1. The van der Waals surface area contributed by atoms with Gasteiger partial charge >= 0.3 is 0 Å². The molecular formula is C21H21N4O2+. The summed E-state index contributed by atoms with van der Waals surface area (Å²) in [6.07, 6.45) is 0. The van der Waals surface area contributed by atoms with Gasteiger partial charge in [0, 0.05) is 16.6 Å². The summed E-state index contributed by atoms with van der Waals surface area (Å²) >= 11 is 0. The molecule has 27 heavy (non-hydrogen) atoms. The highest BCUT2D eigenvalue weighted by Crippen LogP contribution is 2.21. The van der Waals surface area contributed by atoms with Crippen LogP contribution in [0.15, 0.2) is 53.3 Å². The van der Waals surface area contributed by atoms with E-state index in [2.05, 4.69) is 15.0 Å². The molecule has 2 aromatic heterocycles. The Labute approximate surface area is 155 Å². The van der Waals surface area contributed by atoms with Crippen LogP contribution in [0.25, 0.3) is 21.8 Å². The molecule has 0 aliphatic heterocycles. The van der Waals surface area contributed by atoms with Crippen molar-refractivity contribution in [3.63, 3.8) is 0 Å². The highest BCUT2D eigenvalue weighted by atomic mass is 16.1. The summed E-state index contributed by atoms with van der Waals surface area (Å²) in [5.74, 6) is 0.658. The predicted octanol–water partition coefficient (Wildman–Crippen LogP) is 1.61. The van der Waals surface area contributed by atoms with E-state index in [0.29, 0.717) is 29.8 Å². The van der Waals surface area contributed by atoms with Gasteiger partial charge in [-0.1, -0.05) is 30.3 Å². The molecule has 0 spiro atoms. The number of para-hydroxylation sites is 2. The molecule has 2 heterocycles. The van der Waals surface area contributed by atoms with Gasteiger partial charge in [0.1, 0.15) is 13.1 Å². The molecule has 0 fully saturated rings. The van der Waals surface area contributed by atoms with E-state index in [1.807, 2.05) is 56.4 Å². The average molecular weight is 361 g/mol. The fraction of sp³-hybridized carbons (Fsp3) is 0.190. The van der Waals surface area contributed by atoms with Gasteiger partial charge in [0.2, 0.25) is 5.78 Å². The smallest absolute Gasteiger partial charge is 0.258 e. The van der Waals surface area contributed by atoms with Crippen molar-refractivity contribution in [1.29, 1.82) is 0 Å². The number of aromatic amines is 2. The van der Waals surface area contributed by atoms with Crippen LogP contribution in [0, 0.1) is 6.92 Å². The third kappa shape index (κ3) is 3.27. The molecule has 0 saturated carbocycles. The van der Waals surface area contributed by atoms with Crippen LogP contribution in [0.1, 0.15) is 21.9 Å². The third-order valence-electron chi connectivity index (χ3n) is 4.77. The van der Waals surface area contributed by atoms with Crippen LogP contribution in [0.3, 0.4) is 0 Å². The zero-order valence-electron chi connectivity index (χ0n) is 15.3. The average Bonchev–Trinajstić information content (AvgIpc) is 2.97. The van der Waals surface area contributed by atoms with Crippen LogP contribution < -0.4 is 10.5 Å². The van der Waals surface area contributed by atoms with Gasteiger partial charge in [0.25, 0.3) is 5.56 Å². The summed E-state index contributed by atoms with van der Waals surface area (Å²) in [7, 11) is 1.93. The Morgan fingerprint density at radius 3 is 2.56 bits per heavy atom. The number of carbonyl (C=O) groups is 1. The highest BCUT2D eigenvalue weighted by Gasteiger charge is 2.20. The monoisotopic (exact) mass is 361 g/mol. The molecule has 0 amide bonds. The van der Waals surface area contributed by atoms with E-state index in [9.17, 15) is 9.59 Å². The zero-order chi connectivity index (χ0) is 19.0. The molecule has 1 unspecified atom stereocenters. The molecule has 0 saturated heterocycles. The molecule has 0 aliphatic rings. The van der Waals surface area contributed by atoms with E-state index in [1.54, 1.807) is 6.07 Å². The Bertz CT molecular complexity index is 1210. The number of hydrogen-bond acceptors (Lipinski definition) is 3. The van der Waals surface area contributed by atoms with E-state index in [1.165, 1.54) is 0 Å². The Hall–Kier alpha value is -3.25. The molecule has 1 atom stereocenters. The molecule has 0 aliphatic carbocycles. The van der Waals surface area contributed by atoms with Crippen LogP contribution in [-0.4, -0.2) is 34.3 Å². The number of aromatic nitrogens is 3. The molecule has 6 nitrogen and oxygen atoms in total. The number of H-pyrrole nitrogens is 2. The van der Waals surface area contributed by atoms with E-state index in [-0.39, 0.29) is 11.3 Å². The van der Waals surface area contributed by atoms with Crippen molar-refractivity contribution < 1.29 is 9.69 Å². The van der Waals surface area contributed by atoms with Crippen LogP contribution in [-0.2, 0) is 6.54 Å². The Balaban J connectivity index is 1.55. The number of nitrogens with one attached hydrogen (secondary N) is 3. The Morgan fingerprint density at radius 1 is 1.04 bits per heavy atom. The summed E-state index contributed by atoms with van der Waals surface area (Å²) in [6.45, 7) is 2.71. The number of likely N-dealkylation sites (N-methyl/N-ethyl adjacent to an activating group) is 1. The molecule has 3 N–H and O–H groups in total. The fourth-order valence-corrected chi connectivity index (χ4v) is 3.57. The van der Waals surface area contributed by atoms with Crippen LogP contribution in [0.5, 0.6) is 0 Å². The topological polar surface area (TPSA) is 83.0 Å². The van der Waals surface area contributed by atoms with Crippen molar-refractivity contribution in [2.45, 2.75) is 13.5 Å². The molecule has 2 aromatic carbocycles. The largest absolute Gasteiger partial charge is 0.358 e. The lowest BCUT2D eigenvalue weighted by Gasteiger charge is -2.13. The first-order valence-electron chi connectivity index (χ1n) is 8.92. The lowest BCUT2D eigenvalue weighted by atomic mass is 10.1. The van der Waals surface area contributed by atoms with Gasteiger partial charge in [-0.3, -0.25) is 9.59 Å². The number of fused-ring (bicyclic) bond motifs is 2. The number of ketones is 1. The van der Waals surface area contributed by atoms with Crippen LogP contribution in [0.4, 0.5) is 0 Å². The van der Waals surface area contributed by atoms with E-state index in [4.69, 9.17) is 0 Å². The number of Topliss-reactive ketones (excluding diaryl/α,β-unsaturated/α-hetero) is 1. The molecule has 0 bridgehead atoms. The molecule has 0 radical (unpaired) electrons. The van der Waals surface area contributed by atoms with Crippen molar-refractivity contribution >= 4 is 27.6 Å². The number of benzene rings is 2. The van der Waals surface area contributed by atoms with E-state index < -0.39 is 0 Å². The van der Waals surface area contributed by atoms with E-state index >= 15 is 0 Å². The van der Waals surface area contributed by atoms with Gasteiger partial charge in [-0.05, 0) is 25.1 Å². The van der Waals surface area contributed by atoms with E-state index in [0.717, 1.165) is 27.1 Å². The van der Waals surface area contributed by atoms with Gasteiger partial charge in [-0.2, -0.15) is 0 Å². The van der Waals surface area contributed by atoms with Crippen molar-refractivity contribution in [3.05, 3.63) is 76.0 Å². The molecule has 136 valence electrons. The minimum atomic E-state index is -0.151. The maximum atomic E-state index is 12.9. The predicted molar refractivity (Wildman–Crippen MR) is 105 cm³/mol. The maximum Gasteiger partial charge on any atom is 0.258 e. The van der Waals surface area contributed by atoms with Gasteiger partial charge < -0.3 is 14.9 Å². The van der Waals surface area contributed by atoms with Crippen molar-refractivity contribution in [2.24, 2.45) is 0 Å². The molecular weight excluding hydrogens is 340 g/mol. The summed E-state index contributed by atoms with van der Waals surface area (Å²) in [5, 5.41) is 1.52. The van der Waals surface area contributed by atoms with Gasteiger partial charge in [0.05, 0.1) is 23.5 Å². The number of carbonyl (C=O) groups excluding carboxylic acids is 1. The van der Waals surface area contributed by atoms with Crippen molar-refractivity contribution in [1.82, 2.24) is 15.0 Å². The highest BCUT2D eigenvalue weighted by molar-refractivity contribution is 6.09. The second-order valence-corrected chi connectivity index (χ2v) is 6.93. The van der Waals surface area contributed by atoms with Crippen LogP contribution >= 0.6 is 0 Å². The second-order valence-electron chi connectivity index (χ2n) is 6.93. The van der Waals surface area contributed by atoms with Gasteiger partial charge in [-0.15, -0.1) is 0 Å². The molecule has 4 rings (SSSR count). The summed E-state index contributed by atoms with van der Waals surface area (Å²) in [5.41, 5.74) is 3.11.